The molecule has 0 bridgehead atoms. The molecule has 2 aromatic rings. The van der Waals surface area contributed by atoms with E-state index in [2.05, 4.69) is 46.6 Å². The van der Waals surface area contributed by atoms with E-state index in [4.69, 9.17) is 9.72 Å². The van der Waals surface area contributed by atoms with Crippen LogP contribution in [0.5, 0.6) is 0 Å². The van der Waals surface area contributed by atoms with Gasteiger partial charge in [-0.25, -0.2) is 9.97 Å². The van der Waals surface area contributed by atoms with Gasteiger partial charge in [0.2, 0.25) is 0 Å². The molecule has 2 atom stereocenters. The molecule has 1 aliphatic carbocycles. The van der Waals surface area contributed by atoms with Crippen molar-refractivity contribution in [1.29, 1.82) is 0 Å². The minimum Gasteiger partial charge on any atom is -0.367 e. The number of nitrogens with zero attached hydrogens (tertiary/aromatic N) is 3. The van der Waals surface area contributed by atoms with Gasteiger partial charge in [-0.15, -0.1) is 0 Å². The summed E-state index contributed by atoms with van der Waals surface area (Å²) in [6.45, 7) is 5.98. The number of hydrogen-bond donors (Lipinski definition) is 0. The summed E-state index contributed by atoms with van der Waals surface area (Å²) in [4.78, 5) is 11.9. The predicted molar refractivity (Wildman–Crippen MR) is 93.2 cm³/mol. The van der Waals surface area contributed by atoms with Crippen LogP contribution in [0.25, 0.3) is 0 Å². The van der Waals surface area contributed by atoms with Gasteiger partial charge in [-0.3, -0.25) is 0 Å². The van der Waals surface area contributed by atoms with Gasteiger partial charge >= 0.3 is 0 Å². The fourth-order valence-electron chi connectivity index (χ4n) is 3.37. The largest absolute Gasteiger partial charge is 0.367 e. The quantitative estimate of drug-likeness (QED) is 0.850. The van der Waals surface area contributed by atoms with E-state index >= 15 is 0 Å². The van der Waals surface area contributed by atoms with Gasteiger partial charge in [-0.2, -0.15) is 11.3 Å². The summed E-state index contributed by atoms with van der Waals surface area (Å²) in [5.41, 5.74) is 2.35. The van der Waals surface area contributed by atoms with Crippen molar-refractivity contribution in [2.75, 3.05) is 18.0 Å². The fraction of sp³-hybridized carbons (Fsp3) is 0.556. The summed E-state index contributed by atoms with van der Waals surface area (Å²) in [6, 6.07) is 4.28. The van der Waals surface area contributed by atoms with Crippen molar-refractivity contribution >= 4 is 17.2 Å². The van der Waals surface area contributed by atoms with Crippen molar-refractivity contribution in [2.24, 2.45) is 0 Å². The van der Waals surface area contributed by atoms with Crippen molar-refractivity contribution in [3.63, 3.8) is 0 Å². The Hall–Kier alpha value is -1.46. The topological polar surface area (TPSA) is 38.2 Å². The van der Waals surface area contributed by atoms with Crippen molar-refractivity contribution in [3.8, 4) is 0 Å². The normalized spacial score (nSPS) is 25.4. The Balaban J connectivity index is 1.60. The first-order chi connectivity index (χ1) is 11.2. The molecule has 2 aromatic heterocycles. The highest BCUT2D eigenvalue weighted by molar-refractivity contribution is 7.07. The number of morpholine rings is 1. The summed E-state index contributed by atoms with van der Waals surface area (Å²) < 4.78 is 6.14. The summed E-state index contributed by atoms with van der Waals surface area (Å²) in [5.74, 6) is 2.67. The molecule has 0 spiro atoms. The predicted octanol–water partition coefficient (Wildman–Crippen LogP) is 4.08. The third-order valence-corrected chi connectivity index (χ3v) is 5.53. The molecule has 1 aliphatic heterocycles. The standard InChI is InChI=1S/C18H23N3OS/c1-12-8-17(20-18(19-12)14-4-3-5-14)21-9-13(2)22-16(10-21)15-6-7-23-11-15/h6-8,11,13-14,16H,3-5,9-10H2,1-2H3. The van der Waals surface area contributed by atoms with Crippen LogP contribution in [-0.4, -0.2) is 29.2 Å². The molecule has 3 heterocycles. The number of anilines is 1. The Labute approximate surface area is 141 Å². The monoisotopic (exact) mass is 329 g/mol. The maximum Gasteiger partial charge on any atom is 0.134 e. The number of aryl methyl sites for hydroxylation is 1. The highest BCUT2D eigenvalue weighted by Gasteiger charge is 2.29. The van der Waals surface area contributed by atoms with E-state index in [-0.39, 0.29) is 12.2 Å². The smallest absolute Gasteiger partial charge is 0.134 e. The Morgan fingerprint density at radius 3 is 2.83 bits per heavy atom. The molecule has 5 heteroatoms. The molecule has 2 fully saturated rings. The summed E-state index contributed by atoms with van der Waals surface area (Å²) in [6.07, 6.45) is 4.12. The third kappa shape index (κ3) is 3.12. The molecule has 4 rings (SSSR count). The lowest BCUT2D eigenvalue weighted by Crippen LogP contribution is -2.43. The first-order valence-corrected chi connectivity index (χ1v) is 9.41. The zero-order valence-corrected chi connectivity index (χ0v) is 14.6. The van der Waals surface area contributed by atoms with Gasteiger partial charge in [0.1, 0.15) is 17.7 Å². The maximum atomic E-state index is 6.14. The molecule has 2 aliphatic rings. The van der Waals surface area contributed by atoms with E-state index in [0.717, 1.165) is 30.4 Å². The van der Waals surface area contributed by atoms with Gasteiger partial charge < -0.3 is 9.64 Å². The minimum absolute atomic E-state index is 0.132. The van der Waals surface area contributed by atoms with Gasteiger partial charge in [0, 0.05) is 30.8 Å². The molecule has 0 amide bonds. The Morgan fingerprint density at radius 2 is 2.13 bits per heavy atom. The molecule has 0 aromatic carbocycles. The van der Waals surface area contributed by atoms with Gasteiger partial charge in [0.05, 0.1) is 6.10 Å². The second-order valence-electron chi connectivity index (χ2n) is 6.75. The van der Waals surface area contributed by atoms with Crippen LogP contribution in [0.15, 0.2) is 22.9 Å². The van der Waals surface area contributed by atoms with E-state index in [1.54, 1.807) is 11.3 Å². The maximum absolute atomic E-state index is 6.14. The van der Waals surface area contributed by atoms with Crippen LogP contribution in [0.4, 0.5) is 5.82 Å². The molecule has 0 N–H and O–H groups in total. The molecule has 1 saturated heterocycles. The minimum atomic E-state index is 0.132. The van der Waals surface area contributed by atoms with Crippen LogP contribution in [0.2, 0.25) is 0 Å². The molecule has 0 radical (unpaired) electrons. The zero-order chi connectivity index (χ0) is 15.8. The number of hydrogen-bond acceptors (Lipinski definition) is 5. The molecule has 23 heavy (non-hydrogen) atoms. The Bertz CT molecular complexity index is 669. The Morgan fingerprint density at radius 1 is 1.26 bits per heavy atom. The fourth-order valence-corrected chi connectivity index (χ4v) is 4.07. The highest BCUT2D eigenvalue weighted by atomic mass is 32.1. The van der Waals surface area contributed by atoms with Crippen LogP contribution < -0.4 is 4.90 Å². The molecular formula is C18H23N3OS. The van der Waals surface area contributed by atoms with Gasteiger partial charge in [-0.1, -0.05) is 6.42 Å². The van der Waals surface area contributed by atoms with Crippen molar-refractivity contribution < 1.29 is 4.74 Å². The lowest BCUT2D eigenvalue weighted by Gasteiger charge is -2.38. The molecule has 2 unspecified atom stereocenters. The second kappa shape index (κ2) is 6.21. The van der Waals surface area contributed by atoms with Crippen molar-refractivity contribution in [2.45, 2.75) is 51.2 Å². The number of thiophene rings is 1. The van der Waals surface area contributed by atoms with E-state index in [1.165, 1.54) is 24.8 Å². The van der Waals surface area contributed by atoms with Crippen LogP contribution in [0, 0.1) is 6.92 Å². The van der Waals surface area contributed by atoms with Crippen LogP contribution in [0.1, 0.15) is 55.3 Å². The first kappa shape index (κ1) is 15.1. The van der Waals surface area contributed by atoms with Gasteiger partial charge in [-0.05, 0) is 49.1 Å². The number of aromatic nitrogens is 2. The van der Waals surface area contributed by atoms with Crippen LogP contribution >= 0.6 is 11.3 Å². The van der Waals surface area contributed by atoms with E-state index in [9.17, 15) is 0 Å². The van der Waals surface area contributed by atoms with E-state index in [0.29, 0.717) is 5.92 Å². The average Bonchev–Trinajstić information content (AvgIpc) is 2.98. The van der Waals surface area contributed by atoms with Crippen molar-refractivity contribution in [1.82, 2.24) is 9.97 Å². The van der Waals surface area contributed by atoms with E-state index in [1.807, 2.05) is 0 Å². The van der Waals surface area contributed by atoms with Gasteiger partial charge in [0.15, 0.2) is 0 Å². The zero-order valence-electron chi connectivity index (χ0n) is 13.7. The SMILES string of the molecule is Cc1cc(N2CC(C)OC(c3ccsc3)C2)nc(C2CCC2)n1. The molecular weight excluding hydrogens is 306 g/mol. The lowest BCUT2D eigenvalue weighted by molar-refractivity contribution is -0.0174. The molecule has 4 nitrogen and oxygen atoms in total. The molecule has 122 valence electrons. The summed E-state index contributed by atoms with van der Waals surface area (Å²) in [5, 5.41) is 4.30. The second-order valence-corrected chi connectivity index (χ2v) is 7.53. The van der Waals surface area contributed by atoms with Gasteiger partial charge in [0.25, 0.3) is 0 Å². The van der Waals surface area contributed by atoms with Crippen molar-refractivity contribution in [3.05, 3.63) is 40.0 Å². The van der Waals surface area contributed by atoms with E-state index < -0.39 is 0 Å². The summed E-state index contributed by atoms with van der Waals surface area (Å²) in [7, 11) is 0. The highest BCUT2D eigenvalue weighted by Crippen LogP contribution is 2.36. The first-order valence-electron chi connectivity index (χ1n) is 8.47. The van der Waals surface area contributed by atoms with Crippen LogP contribution in [0.3, 0.4) is 0 Å². The number of rotatable bonds is 3. The Kier molecular flexibility index (Phi) is 4.07. The molecule has 1 saturated carbocycles. The lowest BCUT2D eigenvalue weighted by atomic mass is 9.85. The van der Waals surface area contributed by atoms with Crippen LogP contribution in [-0.2, 0) is 4.74 Å². The number of ether oxygens (including phenoxy) is 1. The summed E-state index contributed by atoms with van der Waals surface area (Å²) >= 11 is 1.73. The third-order valence-electron chi connectivity index (χ3n) is 4.83. The average molecular weight is 329 g/mol.